The number of benzene rings is 3. The number of nitrogens with one attached hydrogen (secondary N) is 2. The fourth-order valence-corrected chi connectivity index (χ4v) is 4.18. The molecule has 4 amide bonds. The van der Waals surface area contributed by atoms with E-state index in [0.29, 0.717) is 21.3 Å². The minimum absolute atomic E-state index is 0.0425. The van der Waals surface area contributed by atoms with E-state index in [9.17, 15) is 28.8 Å². The molecule has 1 heterocycles. The fourth-order valence-electron chi connectivity index (χ4n) is 3.81. The summed E-state index contributed by atoms with van der Waals surface area (Å²) in [6, 6.07) is 15.2. The number of carbonyl (C=O) groups excluding carboxylic acids is 6. The summed E-state index contributed by atoms with van der Waals surface area (Å²) in [5.74, 6) is -4.87. The normalized spacial score (nSPS) is 12.8. The van der Waals surface area contributed by atoms with Crippen LogP contribution in [0.3, 0.4) is 0 Å². The van der Waals surface area contributed by atoms with Gasteiger partial charge >= 0.3 is 11.9 Å². The second-order valence-corrected chi connectivity index (χ2v) is 9.47. The number of esters is 2. The van der Waals surface area contributed by atoms with Gasteiger partial charge in [0.05, 0.1) is 38.1 Å². The molecule has 11 nitrogen and oxygen atoms in total. The number of fused-ring (bicyclic) bond motifs is 1. The van der Waals surface area contributed by atoms with Crippen molar-refractivity contribution in [3.8, 4) is 0 Å². The number of imide groups is 1. The Balaban J connectivity index is 1.34. The highest BCUT2D eigenvalue weighted by Gasteiger charge is 2.42. The van der Waals surface area contributed by atoms with Crippen molar-refractivity contribution in [3.63, 3.8) is 0 Å². The Morgan fingerprint density at radius 1 is 0.756 bits per heavy atom. The Morgan fingerprint density at radius 2 is 1.27 bits per heavy atom. The van der Waals surface area contributed by atoms with Crippen LogP contribution in [0.4, 0.5) is 11.4 Å². The quantitative estimate of drug-likeness (QED) is 0.278. The van der Waals surface area contributed by atoms with Gasteiger partial charge in [0.1, 0.15) is 6.04 Å². The van der Waals surface area contributed by atoms with Crippen LogP contribution in [-0.4, -0.2) is 59.7 Å². The predicted octanol–water partition coefficient (Wildman–Crippen LogP) is 3.96. The molecule has 1 aliphatic heterocycles. The summed E-state index contributed by atoms with van der Waals surface area (Å²) in [4.78, 5) is 76.0. The minimum Gasteiger partial charge on any atom is -0.454 e. The number of hydrogen-bond acceptors (Lipinski definition) is 8. The van der Waals surface area contributed by atoms with Gasteiger partial charge in [-0.1, -0.05) is 47.5 Å². The van der Waals surface area contributed by atoms with Crippen molar-refractivity contribution in [2.45, 2.75) is 13.0 Å². The van der Waals surface area contributed by atoms with Crippen LogP contribution in [0.1, 0.15) is 38.0 Å². The molecule has 3 aromatic carbocycles. The molecule has 210 valence electrons. The molecule has 0 spiro atoms. The molecule has 0 aromatic heterocycles. The molecule has 0 bridgehead atoms. The van der Waals surface area contributed by atoms with Crippen LogP contribution in [0.5, 0.6) is 0 Å². The summed E-state index contributed by atoms with van der Waals surface area (Å²) in [5.41, 5.74) is 0.383. The summed E-state index contributed by atoms with van der Waals surface area (Å²) >= 11 is 12.0. The number of anilines is 2. The van der Waals surface area contributed by atoms with Gasteiger partial charge in [-0.15, -0.1) is 0 Å². The van der Waals surface area contributed by atoms with Crippen LogP contribution in [0.15, 0.2) is 66.7 Å². The van der Waals surface area contributed by atoms with Crippen molar-refractivity contribution >= 4 is 70.1 Å². The van der Waals surface area contributed by atoms with Crippen LogP contribution in [0.25, 0.3) is 0 Å². The molecule has 2 N–H and O–H groups in total. The molecular formula is C28H21Cl2N3O8. The van der Waals surface area contributed by atoms with Crippen molar-refractivity contribution in [1.29, 1.82) is 0 Å². The Labute approximate surface area is 243 Å². The fraction of sp³-hybridized carbons (Fsp3) is 0.143. The first-order valence-corrected chi connectivity index (χ1v) is 12.8. The molecule has 0 fully saturated rings. The van der Waals surface area contributed by atoms with Gasteiger partial charge in [0.2, 0.25) is 0 Å². The van der Waals surface area contributed by atoms with E-state index in [0.717, 1.165) is 6.07 Å². The highest BCUT2D eigenvalue weighted by molar-refractivity contribution is 6.34. The van der Waals surface area contributed by atoms with Gasteiger partial charge in [-0.3, -0.25) is 24.1 Å². The summed E-state index contributed by atoms with van der Waals surface area (Å²) in [6.07, 6.45) is 0. The average molecular weight is 598 g/mol. The number of ether oxygens (including phenoxy) is 2. The second-order valence-electron chi connectivity index (χ2n) is 8.66. The number of carbonyl (C=O) groups is 6. The summed E-state index contributed by atoms with van der Waals surface area (Å²) < 4.78 is 10.0. The lowest BCUT2D eigenvalue weighted by Gasteiger charge is -2.20. The maximum atomic E-state index is 13.0. The lowest BCUT2D eigenvalue weighted by atomic mass is 10.1. The number of hydrogen-bond donors (Lipinski definition) is 2. The van der Waals surface area contributed by atoms with E-state index >= 15 is 0 Å². The molecule has 0 aliphatic carbocycles. The zero-order valence-electron chi connectivity index (χ0n) is 21.3. The van der Waals surface area contributed by atoms with Crippen LogP contribution in [0.2, 0.25) is 10.0 Å². The van der Waals surface area contributed by atoms with E-state index in [4.69, 9.17) is 32.7 Å². The lowest BCUT2D eigenvalue weighted by Crippen LogP contribution is -2.44. The van der Waals surface area contributed by atoms with Crippen LogP contribution in [0, 0.1) is 0 Å². The van der Waals surface area contributed by atoms with E-state index in [-0.39, 0.29) is 21.7 Å². The molecule has 41 heavy (non-hydrogen) atoms. The summed E-state index contributed by atoms with van der Waals surface area (Å²) in [7, 11) is 0. The predicted molar refractivity (Wildman–Crippen MR) is 148 cm³/mol. The smallest absolute Gasteiger partial charge is 0.338 e. The van der Waals surface area contributed by atoms with Crippen molar-refractivity contribution in [1.82, 2.24) is 4.90 Å². The molecule has 1 aliphatic rings. The van der Waals surface area contributed by atoms with E-state index in [1.807, 2.05) is 0 Å². The molecule has 0 saturated heterocycles. The first-order chi connectivity index (χ1) is 19.6. The van der Waals surface area contributed by atoms with Gasteiger partial charge in [-0.05, 0) is 49.4 Å². The molecule has 0 saturated carbocycles. The SMILES string of the molecule is C[C@@H](C(=O)OCC(=O)Nc1ccccc1Cl)N1C(=O)c2ccc(C(=O)OCC(=O)Nc3ccccc3Cl)cc2C1=O. The molecule has 13 heteroatoms. The second kappa shape index (κ2) is 12.6. The molecule has 4 rings (SSSR count). The molecule has 0 radical (unpaired) electrons. The van der Waals surface area contributed by atoms with Crippen LogP contribution >= 0.6 is 23.2 Å². The average Bonchev–Trinajstić information content (AvgIpc) is 3.21. The van der Waals surface area contributed by atoms with E-state index in [1.54, 1.807) is 48.5 Å². The monoisotopic (exact) mass is 597 g/mol. The number of rotatable bonds is 9. The van der Waals surface area contributed by atoms with Gasteiger partial charge in [-0.25, -0.2) is 9.59 Å². The topological polar surface area (TPSA) is 148 Å². The van der Waals surface area contributed by atoms with Gasteiger partial charge in [0, 0.05) is 0 Å². The zero-order chi connectivity index (χ0) is 29.7. The zero-order valence-corrected chi connectivity index (χ0v) is 22.8. The van der Waals surface area contributed by atoms with E-state index < -0.39 is 54.8 Å². The van der Waals surface area contributed by atoms with Crippen molar-refractivity contribution in [2.75, 3.05) is 23.8 Å². The third-order valence-corrected chi connectivity index (χ3v) is 6.52. The third-order valence-electron chi connectivity index (χ3n) is 5.86. The van der Waals surface area contributed by atoms with Gasteiger partial charge < -0.3 is 20.1 Å². The Kier molecular flexibility index (Phi) is 9.00. The lowest BCUT2D eigenvalue weighted by molar-refractivity contribution is -0.150. The first-order valence-electron chi connectivity index (χ1n) is 12.0. The molecule has 3 aromatic rings. The van der Waals surface area contributed by atoms with Crippen LogP contribution < -0.4 is 10.6 Å². The Hall–Kier alpha value is -4.74. The summed E-state index contributed by atoms with van der Waals surface area (Å²) in [6.45, 7) is -0.0482. The number of amides is 4. The van der Waals surface area contributed by atoms with E-state index in [1.165, 1.54) is 19.1 Å². The minimum atomic E-state index is -1.38. The Morgan fingerprint density at radius 3 is 1.83 bits per heavy atom. The van der Waals surface area contributed by atoms with Gasteiger partial charge in [0.25, 0.3) is 23.6 Å². The van der Waals surface area contributed by atoms with Gasteiger partial charge in [-0.2, -0.15) is 0 Å². The molecule has 0 unspecified atom stereocenters. The molecular weight excluding hydrogens is 577 g/mol. The highest BCUT2D eigenvalue weighted by Crippen LogP contribution is 2.27. The van der Waals surface area contributed by atoms with Crippen molar-refractivity contribution in [2.24, 2.45) is 0 Å². The van der Waals surface area contributed by atoms with Crippen molar-refractivity contribution < 1.29 is 38.2 Å². The first kappa shape index (κ1) is 29.2. The Bertz CT molecular complexity index is 1580. The number of nitrogens with zero attached hydrogens (tertiary/aromatic N) is 1. The molecule has 1 atom stereocenters. The standard InChI is InChI=1S/C28H21Cl2N3O8/c1-15(27(38)40-13-23(34)31-21-8-4-2-6-19(21)29)33-25(36)17-11-10-16(12-18(17)26(33)37)28(39)41-14-24(35)32-22-9-5-3-7-20(22)30/h2-12,15H,13-14H2,1H3,(H,31,34)(H,32,35)/t15-/m0/s1. The van der Waals surface area contributed by atoms with Crippen LogP contribution in [-0.2, 0) is 23.9 Å². The highest BCUT2D eigenvalue weighted by atomic mass is 35.5. The van der Waals surface area contributed by atoms with Crippen molar-refractivity contribution in [3.05, 3.63) is 93.5 Å². The third kappa shape index (κ3) is 6.71. The largest absolute Gasteiger partial charge is 0.454 e. The van der Waals surface area contributed by atoms with Gasteiger partial charge in [0.15, 0.2) is 13.2 Å². The number of para-hydroxylation sites is 2. The maximum absolute atomic E-state index is 13.0. The summed E-state index contributed by atoms with van der Waals surface area (Å²) in [5, 5.41) is 5.58. The maximum Gasteiger partial charge on any atom is 0.338 e. The van der Waals surface area contributed by atoms with E-state index in [2.05, 4.69) is 10.6 Å². The number of halogens is 2.